The van der Waals surface area contributed by atoms with E-state index < -0.39 is 0 Å². The van der Waals surface area contributed by atoms with Crippen LogP contribution in [0.1, 0.15) is 10.5 Å². The minimum absolute atomic E-state index is 0.0494. The SMILES string of the molecule is O=C1CN(C(=O)c2cc(-c3ccc(Cl)c(Cl)c3)ncn2)CCN1CCN1CCOCC1. The number of hydrogen-bond acceptors (Lipinski definition) is 6. The van der Waals surface area contributed by atoms with E-state index in [-0.39, 0.29) is 24.1 Å². The van der Waals surface area contributed by atoms with Gasteiger partial charge in [-0.25, -0.2) is 9.97 Å². The van der Waals surface area contributed by atoms with E-state index in [0.717, 1.165) is 38.4 Å². The number of halogens is 2. The van der Waals surface area contributed by atoms with Gasteiger partial charge in [0.25, 0.3) is 5.91 Å². The van der Waals surface area contributed by atoms with E-state index in [1.165, 1.54) is 11.2 Å². The molecule has 3 heterocycles. The van der Waals surface area contributed by atoms with Crippen molar-refractivity contribution in [2.24, 2.45) is 0 Å². The van der Waals surface area contributed by atoms with Crippen LogP contribution in [-0.2, 0) is 9.53 Å². The molecule has 0 saturated carbocycles. The molecule has 2 aliphatic rings. The molecule has 2 amide bonds. The van der Waals surface area contributed by atoms with Crippen LogP contribution < -0.4 is 0 Å². The number of piperazine rings is 1. The molecule has 0 spiro atoms. The van der Waals surface area contributed by atoms with Crippen LogP contribution in [0.25, 0.3) is 11.3 Å². The standard InChI is InChI=1S/C21H23Cl2N5O3/c22-16-2-1-15(11-17(16)23)18-12-19(25-14-24-18)21(30)28-6-5-27(20(29)13-28)4-3-26-7-9-31-10-8-26/h1-2,11-12,14H,3-10,13H2. The predicted molar refractivity (Wildman–Crippen MR) is 117 cm³/mol. The van der Waals surface area contributed by atoms with Crippen LogP contribution in [0.4, 0.5) is 0 Å². The molecule has 0 atom stereocenters. The van der Waals surface area contributed by atoms with E-state index in [1.807, 2.05) is 4.90 Å². The molecular formula is C21H23Cl2N5O3. The number of rotatable bonds is 5. The number of ether oxygens (including phenoxy) is 1. The van der Waals surface area contributed by atoms with Crippen molar-refractivity contribution in [3.05, 3.63) is 46.3 Å². The molecule has 2 aromatic rings. The minimum atomic E-state index is -0.287. The monoisotopic (exact) mass is 463 g/mol. The molecule has 164 valence electrons. The van der Waals surface area contributed by atoms with Crippen molar-refractivity contribution < 1.29 is 14.3 Å². The van der Waals surface area contributed by atoms with Gasteiger partial charge in [0.2, 0.25) is 5.91 Å². The number of nitrogens with zero attached hydrogens (tertiary/aromatic N) is 5. The highest BCUT2D eigenvalue weighted by Gasteiger charge is 2.29. The van der Waals surface area contributed by atoms with Gasteiger partial charge in [0.05, 0.1) is 29.0 Å². The molecule has 0 bridgehead atoms. The average Bonchev–Trinajstić information content (AvgIpc) is 2.80. The summed E-state index contributed by atoms with van der Waals surface area (Å²) in [6.07, 6.45) is 1.34. The van der Waals surface area contributed by atoms with Crippen molar-refractivity contribution in [1.29, 1.82) is 0 Å². The number of carbonyl (C=O) groups excluding carboxylic acids is 2. The Labute approximate surface area is 190 Å². The molecule has 8 nitrogen and oxygen atoms in total. The van der Waals surface area contributed by atoms with E-state index in [9.17, 15) is 9.59 Å². The minimum Gasteiger partial charge on any atom is -0.379 e. The van der Waals surface area contributed by atoms with E-state index in [1.54, 1.807) is 24.3 Å². The Morgan fingerprint density at radius 3 is 2.55 bits per heavy atom. The molecule has 2 saturated heterocycles. The molecule has 0 radical (unpaired) electrons. The highest BCUT2D eigenvalue weighted by molar-refractivity contribution is 6.42. The van der Waals surface area contributed by atoms with E-state index >= 15 is 0 Å². The summed E-state index contributed by atoms with van der Waals surface area (Å²) in [7, 11) is 0. The molecular weight excluding hydrogens is 441 g/mol. The third kappa shape index (κ3) is 5.33. The molecule has 2 fully saturated rings. The van der Waals surface area contributed by atoms with Gasteiger partial charge in [-0.3, -0.25) is 14.5 Å². The van der Waals surface area contributed by atoms with Gasteiger partial charge in [-0.2, -0.15) is 0 Å². The summed E-state index contributed by atoms with van der Waals surface area (Å²) in [6, 6.07) is 6.76. The van der Waals surface area contributed by atoms with Crippen LogP contribution in [0, 0.1) is 0 Å². The fourth-order valence-corrected chi connectivity index (χ4v) is 3.95. The third-order valence-corrected chi connectivity index (χ3v) is 6.24. The highest BCUT2D eigenvalue weighted by Crippen LogP contribution is 2.27. The largest absolute Gasteiger partial charge is 0.379 e. The Morgan fingerprint density at radius 2 is 1.81 bits per heavy atom. The van der Waals surface area contributed by atoms with Crippen LogP contribution in [0.2, 0.25) is 10.0 Å². The second-order valence-corrected chi connectivity index (χ2v) is 8.29. The van der Waals surface area contributed by atoms with Crippen LogP contribution >= 0.6 is 23.2 Å². The quantitative estimate of drug-likeness (QED) is 0.675. The van der Waals surface area contributed by atoms with Gasteiger partial charge >= 0.3 is 0 Å². The predicted octanol–water partition coefficient (Wildman–Crippen LogP) is 2.07. The highest BCUT2D eigenvalue weighted by atomic mass is 35.5. The van der Waals surface area contributed by atoms with Gasteiger partial charge in [0.15, 0.2) is 0 Å². The molecule has 10 heteroatoms. The lowest BCUT2D eigenvalue weighted by molar-refractivity contribution is -0.135. The lowest BCUT2D eigenvalue weighted by Gasteiger charge is -2.36. The van der Waals surface area contributed by atoms with Crippen molar-refractivity contribution in [2.75, 3.05) is 59.0 Å². The first-order valence-corrected chi connectivity index (χ1v) is 10.9. The number of morpholine rings is 1. The number of hydrogen-bond donors (Lipinski definition) is 0. The van der Waals surface area contributed by atoms with Gasteiger partial charge < -0.3 is 14.5 Å². The van der Waals surface area contributed by atoms with E-state index in [2.05, 4.69) is 14.9 Å². The molecule has 1 aromatic carbocycles. The van der Waals surface area contributed by atoms with Crippen molar-refractivity contribution in [3.8, 4) is 11.3 Å². The Kier molecular flexibility index (Phi) is 7.02. The zero-order valence-corrected chi connectivity index (χ0v) is 18.5. The fraction of sp³-hybridized carbons (Fsp3) is 0.429. The number of benzene rings is 1. The first-order valence-electron chi connectivity index (χ1n) is 10.2. The second-order valence-electron chi connectivity index (χ2n) is 7.48. The Bertz CT molecular complexity index is 968. The Balaban J connectivity index is 1.37. The topological polar surface area (TPSA) is 78.9 Å². The van der Waals surface area contributed by atoms with Crippen molar-refractivity contribution in [3.63, 3.8) is 0 Å². The molecule has 0 unspecified atom stereocenters. The molecule has 0 aliphatic carbocycles. The fourth-order valence-electron chi connectivity index (χ4n) is 3.65. The first kappa shape index (κ1) is 22.0. The molecule has 2 aliphatic heterocycles. The molecule has 1 aromatic heterocycles. The number of carbonyl (C=O) groups is 2. The normalized spacial score (nSPS) is 17.8. The average molecular weight is 464 g/mol. The lowest BCUT2D eigenvalue weighted by atomic mass is 10.1. The molecule has 31 heavy (non-hydrogen) atoms. The maximum absolute atomic E-state index is 13.0. The number of aromatic nitrogens is 2. The summed E-state index contributed by atoms with van der Waals surface area (Å²) in [6.45, 7) is 5.77. The summed E-state index contributed by atoms with van der Waals surface area (Å²) in [4.78, 5) is 39.6. The zero-order chi connectivity index (χ0) is 21.8. The summed E-state index contributed by atoms with van der Waals surface area (Å²) in [5, 5.41) is 0.852. The van der Waals surface area contributed by atoms with E-state index in [4.69, 9.17) is 27.9 Å². The smallest absolute Gasteiger partial charge is 0.273 e. The summed E-state index contributed by atoms with van der Waals surface area (Å²) >= 11 is 12.1. The van der Waals surface area contributed by atoms with Crippen molar-refractivity contribution >= 4 is 35.0 Å². The first-order chi connectivity index (χ1) is 15.0. The maximum atomic E-state index is 13.0. The molecule has 0 N–H and O–H groups in total. The lowest BCUT2D eigenvalue weighted by Crippen LogP contribution is -2.54. The molecule has 4 rings (SSSR count). The van der Waals surface area contributed by atoms with Crippen LogP contribution in [0.15, 0.2) is 30.6 Å². The van der Waals surface area contributed by atoms with Crippen LogP contribution in [0.5, 0.6) is 0 Å². The second kappa shape index (κ2) is 9.91. The summed E-state index contributed by atoms with van der Waals surface area (Å²) in [5.41, 5.74) is 1.54. The summed E-state index contributed by atoms with van der Waals surface area (Å²) in [5.74, 6) is -0.337. The van der Waals surface area contributed by atoms with Crippen molar-refractivity contribution in [1.82, 2.24) is 24.7 Å². The van der Waals surface area contributed by atoms with Gasteiger partial charge in [0, 0.05) is 44.8 Å². The Hall–Kier alpha value is -2.26. The van der Waals surface area contributed by atoms with Crippen LogP contribution in [-0.4, -0.2) is 95.5 Å². The van der Waals surface area contributed by atoms with Crippen LogP contribution in [0.3, 0.4) is 0 Å². The Morgan fingerprint density at radius 1 is 1.00 bits per heavy atom. The van der Waals surface area contributed by atoms with Gasteiger partial charge in [-0.05, 0) is 18.2 Å². The van der Waals surface area contributed by atoms with Gasteiger partial charge in [-0.1, -0.05) is 29.3 Å². The van der Waals surface area contributed by atoms with Gasteiger partial charge in [0.1, 0.15) is 18.6 Å². The third-order valence-electron chi connectivity index (χ3n) is 5.50. The summed E-state index contributed by atoms with van der Waals surface area (Å²) < 4.78 is 5.35. The van der Waals surface area contributed by atoms with Crippen molar-refractivity contribution in [2.45, 2.75) is 0 Å². The van der Waals surface area contributed by atoms with E-state index in [0.29, 0.717) is 35.4 Å². The maximum Gasteiger partial charge on any atom is 0.273 e. The number of amides is 2. The zero-order valence-electron chi connectivity index (χ0n) is 17.0. The van der Waals surface area contributed by atoms with Gasteiger partial charge in [-0.15, -0.1) is 0 Å².